The Hall–Kier alpha value is -1.02. The molecule has 2 aromatic rings. The van der Waals surface area contributed by atoms with Crippen LogP contribution in [-0.2, 0) is 4.79 Å². The molecule has 1 heterocycles. The van der Waals surface area contributed by atoms with Gasteiger partial charge in [-0.15, -0.1) is 10.2 Å². The van der Waals surface area contributed by atoms with Crippen LogP contribution in [0.1, 0.15) is 19.4 Å². The first-order chi connectivity index (χ1) is 11.4. The first kappa shape index (κ1) is 19.3. The third-order valence-electron chi connectivity index (χ3n) is 2.94. The van der Waals surface area contributed by atoms with Crippen LogP contribution in [0.4, 0.5) is 10.8 Å². The van der Waals surface area contributed by atoms with Crippen LogP contribution in [0.3, 0.4) is 0 Å². The fourth-order valence-electron chi connectivity index (χ4n) is 1.71. The molecular formula is C15H18Cl2N4OS2. The number of aryl methyl sites for hydroxylation is 1. The summed E-state index contributed by atoms with van der Waals surface area (Å²) < 4.78 is 0.734. The Bertz CT molecular complexity index is 721. The van der Waals surface area contributed by atoms with E-state index in [1.807, 2.05) is 13.0 Å². The van der Waals surface area contributed by atoms with Gasteiger partial charge in [0.2, 0.25) is 11.0 Å². The smallest absolute Gasteiger partial charge is 0.234 e. The molecule has 0 bridgehead atoms. The average Bonchev–Trinajstić information content (AvgIpc) is 2.99. The third kappa shape index (κ3) is 5.51. The van der Waals surface area contributed by atoms with E-state index in [9.17, 15) is 4.79 Å². The molecule has 0 aliphatic heterocycles. The van der Waals surface area contributed by atoms with Crippen molar-refractivity contribution in [2.24, 2.45) is 5.92 Å². The standard InChI is InChI=1S/C15H18Cl2N4OS2/c1-8(2)6-18-14-20-21-15(24-14)23-7-11(22)19-13-10(16)5-4-9(3)12(13)17/h4-5,8H,6-7H2,1-3H3,(H,18,20)(H,19,22). The number of aromatic nitrogens is 2. The minimum absolute atomic E-state index is 0.193. The van der Waals surface area contributed by atoms with Gasteiger partial charge in [-0.1, -0.05) is 66.2 Å². The summed E-state index contributed by atoms with van der Waals surface area (Å²) in [4.78, 5) is 12.1. The summed E-state index contributed by atoms with van der Waals surface area (Å²) >= 11 is 15.0. The summed E-state index contributed by atoms with van der Waals surface area (Å²) in [5.41, 5.74) is 1.30. The van der Waals surface area contributed by atoms with E-state index in [1.54, 1.807) is 6.07 Å². The van der Waals surface area contributed by atoms with E-state index in [-0.39, 0.29) is 11.7 Å². The Kier molecular flexibility index (Phi) is 7.16. The van der Waals surface area contributed by atoms with Crippen molar-refractivity contribution in [1.29, 1.82) is 0 Å². The molecule has 0 atom stereocenters. The highest BCUT2D eigenvalue weighted by Gasteiger charge is 2.13. The van der Waals surface area contributed by atoms with Crippen molar-refractivity contribution in [2.75, 3.05) is 22.9 Å². The second kappa shape index (κ2) is 8.89. The van der Waals surface area contributed by atoms with Gasteiger partial charge in [-0.3, -0.25) is 4.79 Å². The van der Waals surface area contributed by atoms with Crippen molar-refractivity contribution in [3.8, 4) is 0 Å². The lowest BCUT2D eigenvalue weighted by molar-refractivity contribution is -0.113. The number of amides is 1. The van der Waals surface area contributed by atoms with Crippen LogP contribution in [0.25, 0.3) is 0 Å². The SMILES string of the molecule is Cc1ccc(Cl)c(NC(=O)CSc2nnc(NCC(C)C)s2)c1Cl. The maximum atomic E-state index is 12.1. The molecule has 2 N–H and O–H groups in total. The van der Waals surface area contributed by atoms with E-state index in [1.165, 1.54) is 23.1 Å². The predicted molar refractivity (Wildman–Crippen MR) is 104 cm³/mol. The second-order valence-electron chi connectivity index (χ2n) is 5.54. The van der Waals surface area contributed by atoms with Gasteiger partial charge < -0.3 is 10.6 Å². The predicted octanol–water partition coefficient (Wildman–Crippen LogP) is 4.95. The van der Waals surface area contributed by atoms with Gasteiger partial charge in [0.1, 0.15) is 0 Å². The Morgan fingerprint density at radius 2 is 2.08 bits per heavy atom. The van der Waals surface area contributed by atoms with E-state index in [2.05, 4.69) is 34.7 Å². The van der Waals surface area contributed by atoms with Gasteiger partial charge in [0.05, 0.1) is 21.5 Å². The first-order valence-electron chi connectivity index (χ1n) is 7.31. The monoisotopic (exact) mass is 404 g/mol. The van der Waals surface area contributed by atoms with E-state index in [0.29, 0.717) is 21.7 Å². The molecule has 0 saturated carbocycles. The van der Waals surface area contributed by atoms with Crippen molar-refractivity contribution >= 4 is 63.0 Å². The zero-order valence-electron chi connectivity index (χ0n) is 13.5. The normalized spacial score (nSPS) is 10.9. The van der Waals surface area contributed by atoms with E-state index >= 15 is 0 Å². The lowest BCUT2D eigenvalue weighted by Gasteiger charge is -2.10. The fraction of sp³-hybridized carbons (Fsp3) is 0.400. The van der Waals surface area contributed by atoms with Gasteiger partial charge in [-0.25, -0.2) is 0 Å². The molecule has 1 aromatic heterocycles. The topological polar surface area (TPSA) is 66.9 Å². The summed E-state index contributed by atoms with van der Waals surface area (Å²) in [5.74, 6) is 0.542. The van der Waals surface area contributed by atoms with Crippen molar-refractivity contribution in [2.45, 2.75) is 25.1 Å². The summed E-state index contributed by atoms with van der Waals surface area (Å²) in [5, 5.41) is 15.7. The highest BCUT2D eigenvalue weighted by atomic mass is 35.5. The van der Waals surface area contributed by atoms with Crippen molar-refractivity contribution < 1.29 is 4.79 Å². The van der Waals surface area contributed by atoms with Crippen LogP contribution in [-0.4, -0.2) is 28.4 Å². The lowest BCUT2D eigenvalue weighted by atomic mass is 10.2. The minimum atomic E-state index is -0.193. The lowest BCUT2D eigenvalue weighted by Crippen LogP contribution is -2.14. The maximum Gasteiger partial charge on any atom is 0.234 e. The number of nitrogens with one attached hydrogen (secondary N) is 2. The molecule has 5 nitrogen and oxygen atoms in total. The van der Waals surface area contributed by atoms with E-state index < -0.39 is 0 Å². The number of rotatable bonds is 7. The minimum Gasteiger partial charge on any atom is -0.360 e. The van der Waals surface area contributed by atoms with Gasteiger partial charge in [0.15, 0.2) is 4.34 Å². The van der Waals surface area contributed by atoms with E-state index in [4.69, 9.17) is 23.2 Å². The summed E-state index contributed by atoms with van der Waals surface area (Å²) in [6, 6.07) is 3.52. The van der Waals surface area contributed by atoms with E-state index in [0.717, 1.165) is 21.6 Å². The van der Waals surface area contributed by atoms with Crippen LogP contribution >= 0.6 is 46.3 Å². The van der Waals surface area contributed by atoms with Crippen LogP contribution in [0.2, 0.25) is 10.0 Å². The Morgan fingerprint density at radius 3 is 2.79 bits per heavy atom. The summed E-state index contributed by atoms with van der Waals surface area (Å²) in [7, 11) is 0. The third-order valence-corrected chi connectivity index (χ3v) is 5.76. The molecule has 0 spiro atoms. The summed E-state index contributed by atoms with van der Waals surface area (Å²) in [6.07, 6.45) is 0. The van der Waals surface area contributed by atoms with Crippen molar-refractivity contribution in [3.05, 3.63) is 27.7 Å². The van der Waals surface area contributed by atoms with Crippen LogP contribution in [0.15, 0.2) is 16.5 Å². The number of nitrogens with zero attached hydrogens (tertiary/aromatic N) is 2. The number of halogens is 2. The molecule has 0 fully saturated rings. The van der Waals surface area contributed by atoms with Gasteiger partial charge in [0, 0.05) is 6.54 Å². The highest BCUT2D eigenvalue weighted by Crippen LogP contribution is 2.33. The average molecular weight is 405 g/mol. The number of carbonyl (C=O) groups excluding carboxylic acids is 1. The highest BCUT2D eigenvalue weighted by molar-refractivity contribution is 8.01. The molecule has 130 valence electrons. The quantitative estimate of drug-likeness (QED) is 0.638. The molecule has 9 heteroatoms. The number of hydrogen-bond acceptors (Lipinski definition) is 6. The summed E-state index contributed by atoms with van der Waals surface area (Å²) in [6.45, 7) is 6.94. The molecule has 0 radical (unpaired) electrons. The number of benzene rings is 1. The van der Waals surface area contributed by atoms with Gasteiger partial charge in [-0.2, -0.15) is 0 Å². The Morgan fingerprint density at radius 1 is 1.33 bits per heavy atom. The molecule has 2 rings (SSSR count). The molecule has 0 saturated heterocycles. The number of hydrogen-bond donors (Lipinski definition) is 2. The molecule has 0 aliphatic rings. The van der Waals surface area contributed by atoms with Crippen LogP contribution in [0, 0.1) is 12.8 Å². The fourth-order valence-corrected chi connectivity index (χ4v) is 3.73. The Balaban J connectivity index is 1.89. The maximum absolute atomic E-state index is 12.1. The largest absolute Gasteiger partial charge is 0.360 e. The zero-order valence-corrected chi connectivity index (χ0v) is 16.7. The van der Waals surface area contributed by atoms with Gasteiger partial charge in [0.25, 0.3) is 0 Å². The Labute approximate surface area is 159 Å². The molecule has 24 heavy (non-hydrogen) atoms. The molecular weight excluding hydrogens is 387 g/mol. The number of carbonyl (C=O) groups is 1. The number of anilines is 2. The van der Waals surface area contributed by atoms with Crippen molar-refractivity contribution in [3.63, 3.8) is 0 Å². The second-order valence-corrected chi connectivity index (χ2v) is 8.52. The van der Waals surface area contributed by atoms with Gasteiger partial charge >= 0.3 is 0 Å². The van der Waals surface area contributed by atoms with Crippen LogP contribution in [0.5, 0.6) is 0 Å². The van der Waals surface area contributed by atoms with Gasteiger partial charge in [-0.05, 0) is 24.5 Å². The first-order valence-corrected chi connectivity index (χ1v) is 9.87. The molecule has 0 aliphatic carbocycles. The molecule has 1 aromatic carbocycles. The zero-order chi connectivity index (χ0) is 17.7. The number of thioether (sulfide) groups is 1. The van der Waals surface area contributed by atoms with Crippen molar-refractivity contribution in [1.82, 2.24) is 10.2 Å². The van der Waals surface area contributed by atoms with Crippen LogP contribution < -0.4 is 10.6 Å². The molecule has 1 amide bonds. The molecule has 0 unspecified atom stereocenters.